The first-order chi connectivity index (χ1) is 5.63. The Bertz CT molecular complexity index is 201. The van der Waals surface area contributed by atoms with Gasteiger partial charge in [-0.2, -0.15) is 0 Å². The van der Waals surface area contributed by atoms with Gasteiger partial charge in [0, 0.05) is 18.4 Å². The van der Waals surface area contributed by atoms with Crippen molar-refractivity contribution >= 4 is 11.7 Å². The highest BCUT2D eigenvalue weighted by Crippen LogP contribution is 2.20. The Balaban J connectivity index is 2.70. The first kappa shape index (κ1) is 9.23. The number of hydrogen-bond donors (Lipinski definition) is 1. The second kappa shape index (κ2) is 3.70. The maximum Gasteiger partial charge on any atom is 0.223 e. The molecule has 0 saturated carbocycles. The Labute approximate surface area is 72.5 Å². The molecule has 0 spiro atoms. The van der Waals surface area contributed by atoms with E-state index < -0.39 is 0 Å². The number of hydrogen-bond acceptors (Lipinski definition) is 2. The van der Waals surface area contributed by atoms with Crippen LogP contribution in [-0.2, 0) is 9.59 Å². The lowest BCUT2D eigenvalue weighted by molar-refractivity contribution is -0.131. The number of carbonyl (C=O) groups is 2. The molecular weight excluding hydrogens is 154 g/mol. The van der Waals surface area contributed by atoms with Gasteiger partial charge in [0.25, 0.3) is 0 Å². The molecule has 1 aliphatic heterocycles. The van der Waals surface area contributed by atoms with Crippen molar-refractivity contribution < 1.29 is 9.59 Å². The molecule has 1 aliphatic rings. The minimum Gasteiger partial charge on any atom is -0.356 e. The molecule has 1 heterocycles. The van der Waals surface area contributed by atoms with Crippen molar-refractivity contribution in [3.05, 3.63) is 0 Å². The molecule has 1 saturated heterocycles. The van der Waals surface area contributed by atoms with Gasteiger partial charge in [0.2, 0.25) is 5.91 Å². The molecule has 12 heavy (non-hydrogen) atoms. The van der Waals surface area contributed by atoms with Crippen molar-refractivity contribution in [1.29, 1.82) is 0 Å². The third-order valence-corrected chi connectivity index (χ3v) is 2.53. The van der Waals surface area contributed by atoms with Gasteiger partial charge in [-0.25, -0.2) is 0 Å². The standard InChI is InChI=1S/C9H15NO2/c1-6-8(7(2)11)4-3-5-10-9(6)12/h6,8H,3-5H2,1-2H3,(H,10,12). The van der Waals surface area contributed by atoms with E-state index in [1.165, 1.54) is 0 Å². The van der Waals surface area contributed by atoms with Gasteiger partial charge in [-0.15, -0.1) is 0 Å². The van der Waals surface area contributed by atoms with Gasteiger partial charge >= 0.3 is 0 Å². The quantitative estimate of drug-likeness (QED) is 0.629. The van der Waals surface area contributed by atoms with Crippen molar-refractivity contribution in [2.45, 2.75) is 26.7 Å². The highest BCUT2D eigenvalue weighted by Gasteiger charge is 2.28. The summed E-state index contributed by atoms with van der Waals surface area (Å²) in [6, 6.07) is 0. The lowest BCUT2D eigenvalue weighted by Gasteiger charge is -2.15. The Morgan fingerprint density at radius 3 is 2.83 bits per heavy atom. The van der Waals surface area contributed by atoms with Crippen LogP contribution in [0.1, 0.15) is 26.7 Å². The van der Waals surface area contributed by atoms with Crippen LogP contribution in [0.4, 0.5) is 0 Å². The van der Waals surface area contributed by atoms with Crippen LogP contribution in [0.5, 0.6) is 0 Å². The largest absolute Gasteiger partial charge is 0.356 e. The van der Waals surface area contributed by atoms with E-state index >= 15 is 0 Å². The fourth-order valence-electron chi connectivity index (χ4n) is 1.68. The zero-order valence-electron chi connectivity index (χ0n) is 7.59. The minimum atomic E-state index is -0.148. The molecule has 0 aromatic heterocycles. The molecule has 1 fully saturated rings. The summed E-state index contributed by atoms with van der Waals surface area (Å²) < 4.78 is 0. The van der Waals surface area contributed by atoms with E-state index in [1.54, 1.807) is 6.92 Å². The Hall–Kier alpha value is -0.860. The van der Waals surface area contributed by atoms with Gasteiger partial charge in [-0.1, -0.05) is 6.92 Å². The maximum absolute atomic E-state index is 11.3. The fourth-order valence-corrected chi connectivity index (χ4v) is 1.68. The van der Waals surface area contributed by atoms with Crippen LogP contribution in [0.25, 0.3) is 0 Å². The molecule has 0 aromatic rings. The molecule has 1 amide bonds. The smallest absolute Gasteiger partial charge is 0.223 e. The predicted octanol–water partition coefficient (Wildman–Crippen LogP) is 0.738. The van der Waals surface area contributed by atoms with E-state index in [0.29, 0.717) is 6.54 Å². The van der Waals surface area contributed by atoms with E-state index in [0.717, 1.165) is 12.8 Å². The van der Waals surface area contributed by atoms with Crippen LogP contribution in [0.2, 0.25) is 0 Å². The topological polar surface area (TPSA) is 46.2 Å². The number of nitrogens with one attached hydrogen (secondary N) is 1. The normalized spacial score (nSPS) is 30.7. The minimum absolute atomic E-state index is 0.0210. The van der Waals surface area contributed by atoms with Crippen molar-refractivity contribution in [3.63, 3.8) is 0 Å². The van der Waals surface area contributed by atoms with Gasteiger partial charge in [0.15, 0.2) is 0 Å². The molecule has 1 N–H and O–H groups in total. The molecule has 68 valence electrons. The van der Waals surface area contributed by atoms with Crippen LogP contribution >= 0.6 is 0 Å². The highest BCUT2D eigenvalue weighted by molar-refractivity contribution is 5.87. The van der Waals surface area contributed by atoms with E-state index in [-0.39, 0.29) is 23.5 Å². The summed E-state index contributed by atoms with van der Waals surface area (Å²) in [5.41, 5.74) is 0. The van der Waals surface area contributed by atoms with Crippen LogP contribution in [-0.4, -0.2) is 18.2 Å². The summed E-state index contributed by atoms with van der Waals surface area (Å²) in [6.45, 7) is 4.11. The van der Waals surface area contributed by atoms with Crippen molar-refractivity contribution in [3.8, 4) is 0 Å². The van der Waals surface area contributed by atoms with E-state index in [1.807, 2.05) is 6.92 Å². The van der Waals surface area contributed by atoms with Gasteiger partial charge in [-0.05, 0) is 19.8 Å². The van der Waals surface area contributed by atoms with E-state index in [4.69, 9.17) is 0 Å². The average Bonchev–Trinajstić information content (AvgIpc) is 2.15. The summed E-state index contributed by atoms with van der Waals surface area (Å²) >= 11 is 0. The Kier molecular flexibility index (Phi) is 2.84. The lowest BCUT2D eigenvalue weighted by atomic mass is 9.87. The van der Waals surface area contributed by atoms with Crippen molar-refractivity contribution in [2.75, 3.05) is 6.54 Å². The third kappa shape index (κ3) is 1.84. The molecule has 3 nitrogen and oxygen atoms in total. The zero-order valence-corrected chi connectivity index (χ0v) is 7.59. The summed E-state index contributed by atoms with van der Waals surface area (Å²) in [5.74, 6) is -0.0512. The molecule has 0 radical (unpaired) electrons. The monoisotopic (exact) mass is 169 g/mol. The van der Waals surface area contributed by atoms with E-state index in [9.17, 15) is 9.59 Å². The number of ketones is 1. The van der Waals surface area contributed by atoms with Crippen molar-refractivity contribution in [1.82, 2.24) is 5.32 Å². The maximum atomic E-state index is 11.3. The predicted molar refractivity (Wildman–Crippen MR) is 45.6 cm³/mol. The molecule has 0 bridgehead atoms. The van der Waals surface area contributed by atoms with Crippen LogP contribution < -0.4 is 5.32 Å². The molecule has 2 atom stereocenters. The highest BCUT2D eigenvalue weighted by atomic mass is 16.2. The van der Waals surface area contributed by atoms with Gasteiger partial charge in [-0.3, -0.25) is 9.59 Å². The van der Waals surface area contributed by atoms with Crippen LogP contribution in [0.3, 0.4) is 0 Å². The molecular formula is C9H15NO2. The van der Waals surface area contributed by atoms with Crippen molar-refractivity contribution in [2.24, 2.45) is 11.8 Å². The average molecular weight is 169 g/mol. The second-order valence-corrected chi connectivity index (χ2v) is 3.44. The number of amides is 1. The van der Waals surface area contributed by atoms with Crippen LogP contribution in [0, 0.1) is 11.8 Å². The first-order valence-corrected chi connectivity index (χ1v) is 4.41. The summed E-state index contributed by atoms with van der Waals surface area (Å²) in [4.78, 5) is 22.4. The summed E-state index contributed by atoms with van der Waals surface area (Å²) in [7, 11) is 0. The number of rotatable bonds is 1. The van der Waals surface area contributed by atoms with Gasteiger partial charge in [0.05, 0.1) is 0 Å². The lowest BCUT2D eigenvalue weighted by Crippen LogP contribution is -2.32. The zero-order chi connectivity index (χ0) is 9.14. The number of Topliss-reactive ketones (excluding diaryl/α,β-unsaturated/α-hetero) is 1. The number of carbonyl (C=O) groups excluding carboxylic acids is 2. The molecule has 0 aliphatic carbocycles. The fraction of sp³-hybridized carbons (Fsp3) is 0.778. The molecule has 2 unspecified atom stereocenters. The summed E-state index contributed by atoms with van der Waals surface area (Å²) in [5, 5.41) is 2.79. The third-order valence-electron chi connectivity index (χ3n) is 2.53. The SMILES string of the molecule is CC(=O)C1CCCNC(=O)C1C. The second-order valence-electron chi connectivity index (χ2n) is 3.44. The van der Waals surface area contributed by atoms with Crippen LogP contribution in [0.15, 0.2) is 0 Å². The van der Waals surface area contributed by atoms with Gasteiger partial charge in [0.1, 0.15) is 5.78 Å². The molecule has 3 heteroatoms. The molecule has 0 aromatic carbocycles. The Morgan fingerprint density at radius 1 is 1.58 bits per heavy atom. The van der Waals surface area contributed by atoms with Gasteiger partial charge < -0.3 is 5.32 Å². The molecule has 1 rings (SSSR count). The first-order valence-electron chi connectivity index (χ1n) is 4.41. The summed E-state index contributed by atoms with van der Waals surface area (Å²) in [6.07, 6.45) is 1.76. The Morgan fingerprint density at radius 2 is 2.25 bits per heavy atom. The van der Waals surface area contributed by atoms with E-state index in [2.05, 4.69) is 5.32 Å².